The molecule has 0 aromatic heterocycles. The summed E-state index contributed by atoms with van der Waals surface area (Å²) in [6.07, 6.45) is -4.73. The zero-order valence-electron chi connectivity index (χ0n) is 11.2. The van der Waals surface area contributed by atoms with E-state index in [1.807, 2.05) is 5.32 Å². The zero-order valence-corrected chi connectivity index (χ0v) is 12.0. The van der Waals surface area contributed by atoms with E-state index in [0.29, 0.717) is 11.3 Å². The van der Waals surface area contributed by atoms with Crippen LogP contribution < -0.4 is 5.32 Å². The summed E-state index contributed by atoms with van der Waals surface area (Å²) < 4.78 is 39.2. The monoisotopic (exact) mass is 319 g/mol. The summed E-state index contributed by atoms with van der Waals surface area (Å²) in [6.45, 7) is 0. The van der Waals surface area contributed by atoms with Crippen LogP contribution in [0.4, 0.5) is 13.2 Å². The number of carbonyl (C=O) groups excluding carboxylic acids is 1. The van der Waals surface area contributed by atoms with E-state index in [1.165, 1.54) is 11.8 Å². The van der Waals surface area contributed by atoms with Crippen LogP contribution in [-0.4, -0.2) is 40.3 Å². The van der Waals surface area contributed by atoms with Gasteiger partial charge in [0.05, 0.1) is 0 Å². The van der Waals surface area contributed by atoms with Gasteiger partial charge in [-0.25, -0.2) is 0 Å². The number of alkyl halides is 3. The molecule has 116 valence electrons. The number of carbonyl (C=O) groups is 1. The molecule has 2 N–H and O–H groups in total. The van der Waals surface area contributed by atoms with Crippen LogP contribution in [0.3, 0.4) is 0 Å². The van der Waals surface area contributed by atoms with Crippen molar-refractivity contribution in [1.82, 2.24) is 5.32 Å². The Morgan fingerprint density at radius 1 is 1.38 bits per heavy atom. The standard InChI is InChI=1S/C14H16F3NO2S/c15-14(16,17)11(8-10-4-2-1-3-5-10)18-12(19)13(20)6-7-21-9-13/h1-5,11,20H,6-9H2,(H,18,19). The van der Waals surface area contributed by atoms with Crippen molar-refractivity contribution >= 4 is 17.7 Å². The topological polar surface area (TPSA) is 49.3 Å². The smallest absolute Gasteiger partial charge is 0.379 e. The van der Waals surface area contributed by atoms with Crippen molar-refractivity contribution in [2.45, 2.75) is 30.7 Å². The van der Waals surface area contributed by atoms with Crippen molar-refractivity contribution < 1.29 is 23.1 Å². The maximum atomic E-state index is 13.1. The van der Waals surface area contributed by atoms with Crippen LogP contribution in [0, 0.1) is 0 Å². The molecule has 1 heterocycles. The highest BCUT2D eigenvalue weighted by atomic mass is 32.2. The van der Waals surface area contributed by atoms with Gasteiger partial charge in [0.15, 0.2) is 5.60 Å². The van der Waals surface area contributed by atoms with Crippen LogP contribution >= 0.6 is 11.8 Å². The van der Waals surface area contributed by atoms with E-state index in [1.54, 1.807) is 30.3 Å². The summed E-state index contributed by atoms with van der Waals surface area (Å²) in [5.41, 5.74) is -1.21. The number of nitrogens with one attached hydrogen (secondary N) is 1. The van der Waals surface area contributed by atoms with E-state index >= 15 is 0 Å². The van der Waals surface area contributed by atoms with Crippen molar-refractivity contribution in [2.24, 2.45) is 0 Å². The Balaban J connectivity index is 2.08. The predicted molar refractivity (Wildman–Crippen MR) is 75.0 cm³/mol. The van der Waals surface area contributed by atoms with Gasteiger partial charge in [0.1, 0.15) is 6.04 Å². The SMILES string of the molecule is O=C(NC(Cc1ccccc1)C(F)(F)F)C1(O)CCSC1. The molecule has 0 saturated carbocycles. The Morgan fingerprint density at radius 2 is 2.05 bits per heavy atom. The highest BCUT2D eigenvalue weighted by Gasteiger charge is 2.46. The van der Waals surface area contributed by atoms with Crippen LogP contribution in [0.15, 0.2) is 30.3 Å². The number of hydrogen-bond donors (Lipinski definition) is 2. The van der Waals surface area contributed by atoms with Crippen molar-refractivity contribution in [3.63, 3.8) is 0 Å². The fraction of sp³-hybridized carbons (Fsp3) is 0.500. The summed E-state index contributed by atoms with van der Waals surface area (Å²) in [6, 6.07) is 6.15. The molecule has 1 aromatic carbocycles. The van der Waals surface area contributed by atoms with Gasteiger partial charge in [-0.3, -0.25) is 4.79 Å². The molecule has 1 aliphatic heterocycles. The molecule has 1 aliphatic rings. The molecule has 1 aromatic rings. The molecule has 0 bridgehead atoms. The molecule has 2 atom stereocenters. The maximum absolute atomic E-state index is 13.1. The normalized spacial score (nSPS) is 23.8. The van der Waals surface area contributed by atoms with Gasteiger partial charge in [-0.05, 0) is 17.7 Å². The van der Waals surface area contributed by atoms with Gasteiger partial charge in [-0.15, -0.1) is 0 Å². The minimum Gasteiger partial charge on any atom is -0.379 e. The average molecular weight is 319 g/mol. The Labute approximate surface area is 124 Å². The second kappa shape index (κ2) is 6.27. The molecule has 1 fully saturated rings. The zero-order chi connectivity index (χ0) is 15.5. The van der Waals surface area contributed by atoms with Crippen molar-refractivity contribution in [1.29, 1.82) is 0 Å². The van der Waals surface area contributed by atoms with Crippen LogP contribution in [-0.2, 0) is 11.2 Å². The predicted octanol–water partition coefficient (Wildman–Crippen LogP) is 2.14. The molecule has 0 radical (unpaired) electrons. The highest BCUT2D eigenvalue weighted by Crippen LogP contribution is 2.29. The average Bonchev–Trinajstić information content (AvgIpc) is 2.86. The van der Waals surface area contributed by atoms with E-state index in [-0.39, 0.29) is 18.6 Å². The summed E-state index contributed by atoms with van der Waals surface area (Å²) in [5.74, 6) is -0.237. The fourth-order valence-electron chi connectivity index (χ4n) is 2.12. The van der Waals surface area contributed by atoms with E-state index in [9.17, 15) is 23.1 Å². The van der Waals surface area contributed by atoms with Gasteiger partial charge in [0.25, 0.3) is 5.91 Å². The van der Waals surface area contributed by atoms with Gasteiger partial charge in [-0.1, -0.05) is 30.3 Å². The first-order chi connectivity index (χ1) is 9.81. The van der Waals surface area contributed by atoms with E-state index in [0.717, 1.165) is 0 Å². The molecule has 0 spiro atoms. The Bertz CT molecular complexity index is 487. The molecule has 2 rings (SSSR count). The number of halogens is 3. The minimum absolute atomic E-state index is 0.134. The lowest BCUT2D eigenvalue weighted by Crippen LogP contribution is -2.55. The fourth-order valence-corrected chi connectivity index (χ4v) is 3.36. The first-order valence-corrected chi connectivity index (χ1v) is 7.68. The highest BCUT2D eigenvalue weighted by molar-refractivity contribution is 7.99. The third-order valence-corrected chi connectivity index (χ3v) is 4.58. The lowest BCUT2D eigenvalue weighted by Gasteiger charge is -2.27. The Morgan fingerprint density at radius 3 is 2.57 bits per heavy atom. The summed E-state index contributed by atoms with van der Waals surface area (Å²) in [5, 5.41) is 12.0. The summed E-state index contributed by atoms with van der Waals surface area (Å²) in [7, 11) is 0. The number of rotatable bonds is 4. The van der Waals surface area contributed by atoms with Crippen LogP contribution in [0.25, 0.3) is 0 Å². The summed E-state index contributed by atoms with van der Waals surface area (Å²) >= 11 is 1.36. The third-order valence-electron chi connectivity index (χ3n) is 3.41. The molecule has 1 amide bonds. The second-order valence-electron chi connectivity index (χ2n) is 5.09. The number of benzene rings is 1. The van der Waals surface area contributed by atoms with E-state index in [2.05, 4.69) is 0 Å². The molecule has 1 saturated heterocycles. The third kappa shape index (κ3) is 4.14. The van der Waals surface area contributed by atoms with Crippen molar-refractivity contribution in [3.05, 3.63) is 35.9 Å². The van der Waals surface area contributed by atoms with Crippen LogP contribution in [0.2, 0.25) is 0 Å². The number of aliphatic hydroxyl groups is 1. The largest absolute Gasteiger partial charge is 0.408 e. The lowest BCUT2D eigenvalue weighted by atomic mass is 10.0. The van der Waals surface area contributed by atoms with Gasteiger partial charge in [0.2, 0.25) is 0 Å². The molecule has 21 heavy (non-hydrogen) atoms. The maximum Gasteiger partial charge on any atom is 0.408 e. The van der Waals surface area contributed by atoms with Gasteiger partial charge < -0.3 is 10.4 Å². The van der Waals surface area contributed by atoms with Gasteiger partial charge >= 0.3 is 6.18 Å². The molecular weight excluding hydrogens is 303 g/mol. The van der Waals surface area contributed by atoms with E-state index < -0.39 is 23.7 Å². The number of amides is 1. The van der Waals surface area contributed by atoms with Gasteiger partial charge in [0, 0.05) is 12.2 Å². The molecular formula is C14H16F3NO2S. The van der Waals surface area contributed by atoms with Crippen LogP contribution in [0.5, 0.6) is 0 Å². The Hall–Kier alpha value is -1.21. The number of hydrogen-bond acceptors (Lipinski definition) is 3. The molecule has 0 aliphatic carbocycles. The minimum atomic E-state index is -4.56. The molecule has 7 heteroatoms. The van der Waals surface area contributed by atoms with Gasteiger partial charge in [-0.2, -0.15) is 24.9 Å². The first-order valence-electron chi connectivity index (χ1n) is 6.53. The first kappa shape index (κ1) is 16.2. The lowest BCUT2D eigenvalue weighted by molar-refractivity contribution is -0.167. The van der Waals surface area contributed by atoms with Crippen molar-refractivity contribution in [2.75, 3.05) is 11.5 Å². The Kier molecular flexibility index (Phi) is 4.83. The second-order valence-corrected chi connectivity index (χ2v) is 6.20. The van der Waals surface area contributed by atoms with Crippen molar-refractivity contribution in [3.8, 4) is 0 Å². The van der Waals surface area contributed by atoms with E-state index in [4.69, 9.17) is 0 Å². The molecule has 3 nitrogen and oxygen atoms in total. The number of thioether (sulfide) groups is 1. The summed E-state index contributed by atoms with van der Waals surface area (Å²) in [4.78, 5) is 11.9. The molecule has 2 unspecified atom stereocenters. The quantitative estimate of drug-likeness (QED) is 0.894. The van der Waals surface area contributed by atoms with Crippen LogP contribution in [0.1, 0.15) is 12.0 Å².